The molecule has 5 fully saturated rings. The molecule has 9 unspecified atom stereocenters. The van der Waals surface area contributed by atoms with Crippen LogP contribution < -0.4 is 11.5 Å². The van der Waals surface area contributed by atoms with E-state index in [0.29, 0.717) is 17.2 Å². The summed E-state index contributed by atoms with van der Waals surface area (Å²) < 4.78 is 0. The first kappa shape index (κ1) is 31.4. The zero-order valence-electron chi connectivity index (χ0n) is 27.6. The lowest BCUT2D eigenvalue weighted by Crippen LogP contribution is -2.86. The molecular weight excluding hydrogens is 540 g/mol. The Bertz CT molecular complexity index is 1220. The molecule has 6 aliphatic rings. The lowest BCUT2D eigenvalue weighted by molar-refractivity contribution is -0.405. The molecule has 6 aliphatic carbocycles. The van der Waals surface area contributed by atoms with E-state index in [1.165, 1.54) is 62.6 Å². The zero-order valence-corrected chi connectivity index (χ0v) is 27.6. The molecule has 0 bridgehead atoms. The highest BCUT2D eigenvalue weighted by Crippen LogP contribution is 2.90. The topological polar surface area (TPSA) is 104 Å². The summed E-state index contributed by atoms with van der Waals surface area (Å²) in [5, 5.41) is 7.55. The number of hydrogen-bond donors (Lipinski definition) is 3. The predicted octanol–water partition coefficient (Wildman–Crippen LogP) is 7.84. The van der Waals surface area contributed by atoms with Crippen LogP contribution in [0.25, 0.3) is 0 Å². The van der Waals surface area contributed by atoms with E-state index in [-0.39, 0.29) is 0 Å². The van der Waals surface area contributed by atoms with E-state index in [1.807, 2.05) is 6.21 Å². The summed E-state index contributed by atoms with van der Waals surface area (Å²) in [4.78, 5) is 11.3. The summed E-state index contributed by atoms with van der Waals surface area (Å²) >= 11 is 0. The van der Waals surface area contributed by atoms with E-state index in [2.05, 4.69) is 60.1 Å². The molecule has 0 heterocycles. The molecule has 6 rings (SSSR count). The number of aliphatic imine (C=N–C) groups is 2. The van der Waals surface area contributed by atoms with Crippen molar-refractivity contribution in [2.24, 2.45) is 80.1 Å². The summed E-state index contributed by atoms with van der Waals surface area (Å²) in [5.74, 6) is 8.48. The van der Waals surface area contributed by atoms with Gasteiger partial charge in [-0.05, 0) is 117 Å². The van der Waals surface area contributed by atoms with Crippen molar-refractivity contribution in [3.05, 3.63) is 47.5 Å². The Morgan fingerprint density at radius 1 is 1.09 bits per heavy atom. The van der Waals surface area contributed by atoms with E-state index in [4.69, 9.17) is 16.9 Å². The van der Waals surface area contributed by atoms with Gasteiger partial charge in [0.05, 0.1) is 0 Å². The maximum absolute atomic E-state index is 7.55. The van der Waals surface area contributed by atoms with Gasteiger partial charge in [-0.25, -0.2) is 9.98 Å². The molecule has 6 nitrogen and oxygen atoms in total. The van der Waals surface area contributed by atoms with Gasteiger partial charge >= 0.3 is 0 Å². The van der Waals surface area contributed by atoms with Gasteiger partial charge in [0.2, 0.25) is 0 Å². The van der Waals surface area contributed by atoms with Crippen LogP contribution in [0.4, 0.5) is 0 Å². The van der Waals surface area contributed by atoms with E-state index in [0.717, 1.165) is 98.0 Å². The van der Waals surface area contributed by atoms with Gasteiger partial charge in [-0.1, -0.05) is 57.8 Å². The molecule has 9 atom stereocenters. The molecule has 0 saturated heterocycles. The predicted molar refractivity (Wildman–Crippen MR) is 184 cm³/mol. The third-order valence-corrected chi connectivity index (χ3v) is 12.8. The van der Waals surface area contributed by atoms with Crippen molar-refractivity contribution in [2.75, 3.05) is 13.1 Å². The van der Waals surface area contributed by atoms with Gasteiger partial charge in [0.1, 0.15) is 6.34 Å². The standard InChI is InChI=1S/C38H58N6/c1-4-44(23-33(41)38-32-18-17-31(32)36(38)34-29-15-16-30(29)35(34)38)22-27-13-11-26(12-14-27)20-28(21-39)37(43-24-40)42-19-9-7-5-6-8-10-25(2)3/h11,13-14,19,21,23-26,29-32,34-36,40H,4-10,12,15-18,20,22,39,41H2,1-3H3/b28-21?,33-23-,40-24?,42-19?,43-37?. The van der Waals surface area contributed by atoms with Gasteiger partial charge in [-0.2, -0.15) is 0 Å². The molecule has 0 amide bonds. The van der Waals surface area contributed by atoms with Crippen molar-refractivity contribution in [3.63, 3.8) is 0 Å². The highest BCUT2D eigenvalue weighted by Gasteiger charge is 2.86. The monoisotopic (exact) mass is 598 g/mol. The van der Waals surface area contributed by atoms with Crippen LogP contribution in [0.2, 0.25) is 0 Å². The number of hydrogen-bond acceptors (Lipinski definition) is 4. The highest BCUT2D eigenvalue weighted by molar-refractivity contribution is 6.05. The van der Waals surface area contributed by atoms with E-state index < -0.39 is 0 Å². The van der Waals surface area contributed by atoms with Crippen molar-refractivity contribution in [2.45, 2.75) is 97.8 Å². The minimum atomic E-state index is 0.349. The maximum Gasteiger partial charge on any atom is 0.157 e. The fraction of sp³-hybridized carbons (Fsp3) is 0.711. The van der Waals surface area contributed by atoms with Gasteiger partial charge < -0.3 is 16.4 Å². The average Bonchev–Trinajstić information content (AvgIpc) is 2.99. The number of amidine groups is 1. The molecular formula is C38H58N6. The second-order valence-electron chi connectivity index (χ2n) is 15.3. The largest absolute Gasteiger partial charge is 0.404 e. The Kier molecular flexibility index (Phi) is 9.54. The van der Waals surface area contributed by atoms with Gasteiger partial charge in [-0.15, -0.1) is 0 Å². The second-order valence-corrected chi connectivity index (χ2v) is 15.3. The van der Waals surface area contributed by atoms with Crippen LogP contribution in [0, 0.1) is 64.1 Å². The SMILES string of the molecule is CCN(/C=C(\N)C12C3CCC3C1C1C3CCC3C12)CC1=CCC(CC(=CN)C(N=CCCCCCCC(C)C)=NC=N)C=C1. The number of nitrogens with one attached hydrogen (secondary N) is 1. The Balaban J connectivity index is 0.990. The molecule has 0 spiro atoms. The van der Waals surface area contributed by atoms with Crippen LogP contribution in [-0.2, 0) is 0 Å². The zero-order chi connectivity index (χ0) is 30.8. The fourth-order valence-corrected chi connectivity index (χ4v) is 10.5. The van der Waals surface area contributed by atoms with Crippen LogP contribution >= 0.6 is 0 Å². The van der Waals surface area contributed by atoms with Crippen molar-refractivity contribution in [3.8, 4) is 0 Å². The van der Waals surface area contributed by atoms with Crippen LogP contribution in [0.3, 0.4) is 0 Å². The fourth-order valence-electron chi connectivity index (χ4n) is 10.5. The molecule has 0 aromatic heterocycles. The van der Waals surface area contributed by atoms with Gasteiger partial charge in [-0.3, -0.25) is 5.41 Å². The summed E-state index contributed by atoms with van der Waals surface area (Å²) in [6.07, 6.45) is 28.8. The first-order chi connectivity index (χ1) is 21.4. The quantitative estimate of drug-likeness (QED) is 0.0729. The number of fused-ring (bicyclic) bond motifs is 10. The first-order valence-electron chi connectivity index (χ1n) is 18.0. The molecule has 5 N–H and O–H groups in total. The number of nitrogens with zero attached hydrogens (tertiary/aromatic N) is 3. The molecule has 6 heteroatoms. The van der Waals surface area contributed by atoms with Gasteiger partial charge in [0, 0.05) is 48.4 Å². The van der Waals surface area contributed by atoms with Crippen LogP contribution in [0.1, 0.15) is 97.8 Å². The van der Waals surface area contributed by atoms with Crippen LogP contribution in [0.5, 0.6) is 0 Å². The molecule has 0 aliphatic heterocycles. The van der Waals surface area contributed by atoms with Crippen LogP contribution in [0.15, 0.2) is 57.5 Å². The summed E-state index contributed by atoms with van der Waals surface area (Å²) in [6, 6.07) is 0. The number of rotatable bonds is 16. The highest BCUT2D eigenvalue weighted by atomic mass is 15.1. The molecule has 240 valence electrons. The molecule has 44 heavy (non-hydrogen) atoms. The molecule has 0 aromatic rings. The van der Waals surface area contributed by atoms with E-state index in [1.54, 1.807) is 6.20 Å². The normalized spacial score (nSPS) is 36.9. The average molecular weight is 599 g/mol. The van der Waals surface area contributed by atoms with Gasteiger partial charge in [0.15, 0.2) is 5.84 Å². The third-order valence-electron chi connectivity index (χ3n) is 12.8. The minimum Gasteiger partial charge on any atom is -0.404 e. The van der Waals surface area contributed by atoms with Crippen molar-refractivity contribution >= 4 is 18.4 Å². The summed E-state index contributed by atoms with van der Waals surface area (Å²) in [6.45, 7) is 8.73. The van der Waals surface area contributed by atoms with Crippen LogP contribution in [-0.4, -0.2) is 36.4 Å². The lowest BCUT2D eigenvalue weighted by Gasteiger charge is -2.89. The second kappa shape index (κ2) is 13.4. The maximum atomic E-state index is 7.55. The number of allylic oxidation sites excluding steroid dienone is 3. The Morgan fingerprint density at radius 2 is 1.86 bits per heavy atom. The Labute approximate surface area is 266 Å². The van der Waals surface area contributed by atoms with E-state index >= 15 is 0 Å². The molecule has 0 radical (unpaired) electrons. The summed E-state index contributed by atoms with van der Waals surface area (Å²) in [7, 11) is 0. The number of likely N-dealkylation sites (N-methyl/N-ethyl adjacent to an activating group) is 1. The third kappa shape index (κ3) is 5.42. The number of nitrogens with two attached hydrogens (primary N) is 2. The minimum absolute atomic E-state index is 0.349. The van der Waals surface area contributed by atoms with Crippen molar-refractivity contribution in [1.29, 1.82) is 5.41 Å². The number of unbranched alkanes of at least 4 members (excludes halogenated alkanes) is 4. The Morgan fingerprint density at radius 3 is 2.50 bits per heavy atom. The Hall–Kier alpha value is -2.63. The lowest BCUT2D eigenvalue weighted by atomic mass is 9.15. The van der Waals surface area contributed by atoms with Gasteiger partial charge in [0.25, 0.3) is 0 Å². The van der Waals surface area contributed by atoms with E-state index in [9.17, 15) is 0 Å². The van der Waals surface area contributed by atoms with Crippen molar-refractivity contribution < 1.29 is 0 Å². The first-order valence-corrected chi connectivity index (χ1v) is 18.0. The summed E-state index contributed by atoms with van der Waals surface area (Å²) in [5.41, 5.74) is 17.0. The van der Waals surface area contributed by atoms with Crippen molar-refractivity contribution in [1.82, 2.24) is 4.90 Å². The smallest absolute Gasteiger partial charge is 0.157 e. The molecule has 5 saturated carbocycles. The molecule has 0 aromatic carbocycles.